The lowest BCUT2D eigenvalue weighted by molar-refractivity contribution is -0.162. The van der Waals surface area contributed by atoms with Gasteiger partial charge in [-0.25, -0.2) is 19.1 Å². The lowest BCUT2D eigenvalue weighted by atomic mass is 9.96. The largest absolute Gasteiger partial charge is 0.497 e. The lowest BCUT2D eigenvalue weighted by Crippen LogP contribution is -2.58. The predicted molar refractivity (Wildman–Crippen MR) is 121 cm³/mol. The summed E-state index contributed by atoms with van der Waals surface area (Å²) in [6, 6.07) is 6.13. The number of carbonyl (C=O) groups is 4. The van der Waals surface area contributed by atoms with Gasteiger partial charge in [0.05, 0.1) is 44.4 Å². The zero-order chi connectivity index (χ0) is 25.3. The number of aromatic nitrogens is 3. The summed E-state index contributed by atoms with van der Waals surface area (Å²) in [4.78, 5) is 51.7. The van der Waals surface area contributed by atoms with E-state index in [0.717, 1.165) is 19.8 Å². The molecule has 3 heterocycles. The summed E-state index contributed by atoms with van der Waals surface area (Å²) in [7, 11) is 3.88. The number of methoxy groups -OCH3 is 3. The molecule has 2 aliphatic heterocycles. The fourth-order valence-corrected chi connectivity index (χ4v) is 5.91. The van der Waals surface area contributed by atoms with Crippen molar-refractivity contribution in [1.29, 1.82) is 0 Å². The summed E-state index contributed by atoms with van der Waals surface area (Å²) in [5, 5.41) is 7.51. The molecule has 2 saturated heterocycles. The van der Waals surface area contributed by atoms with Gasteiger partial charge >= 0.3 is 17.9 Å². The van der Waals surface area contributed by atoms with Crippen LogP contribution in [0.3, 0.4) is 0 Å². The van der Waals surface area contributed by atoms with Crippen LogP contribution in [0.5, 0.6) is 5.75 Å². The van der Waals surface area contributed by atoms with Crippen LogP contribution in [0, 0.1) is 0 Å². The van der Waals surface area contributed by atoms with Gasteiger partial charge in [-0.1, -0.05) is 17.3 Å². The molecule has 12 nitrogen and oxygen atoms in total. The number of carbonyl (C=O) groups excluding carboxylic acids is 4. The molecule has 0 radical (unpaired) electrons. The Labute approximate surface area is 204 Å². The molecule has 0 saturated carbocycles. The Balaban J connectivity index is 1.59. The third-order valence-electron chi connectivity index (χ3n) is 5.93. The van der Waals surface area contributed by atoms with Gasteiger partial charge in [0.25, 0.3) is 0 Å². The summed E-state index contributed by atoms with van der Waals surface area (Å²) >= 11 is 1.41. The summed E-state index contributed by atoms with van der Waals surface area (Å²) < 4.78 is 20.5. The first-order chi connectivity index (χ1) is 16.7. The molecule has 1 amide bonds. The first kappa shape index (κ1) is 24.5. The van der Waals surface area contributed by atoms with E-state index >= 15 is 0 Å². The summed E-state index contributed by atoms with van der Waals surface area (Å²) in [5.41, 5.74) is 0.251. The van der Waals surface area contributed by atoms with Crippen molar-refractivity contribution in [3.05, 3.63) is 41.2 Å². The normalized spacial score (nSPS) is 22.7. The highest BCUT2D eigenvalue weighted by Gasteiger charge is 2.61. The van der Waals surface area contributed by atoms with Crippen LogP contribution in [0.4, 0.5) is 0 Å². The molecule has 0 spiro atoms. The zero-order valence-electron chi connectivity index (χ0n) is 19.5. The quantitative estimate of drug-likeness (QED) is 0.289. The zero-order valence-corrected chi connectivity index (χ0v) is 20.4. The number of benzene rings is 1. The number of thioether (sulfide) groups is 1. The number of esters is 3. The van der Waals surface area contributed by atoms with E-state index in [0.29, 0.717) is 5.75 Å². The van der Waals surface area contributed by atoms with Crippen molar-refractivity contribution < 1.29 is 38.1 Å². The number of hydrogen-bond acceptors (Lipinski definition) is 11. The molecule has 1 aromatic carbocycles. The fourth-order valence-electron chi connectivity index (χ4n) is 4.18. The van der Waals surface area contributed by atoms with Crippen molar-refractivity contribution in [2.45, 2.75) is 42.7 Å². The maximum atomic E-state index is 13.3. The summed E-state index contributed by atoms with van der Waals surface area (Å²) in [6.45, 7) is 1.77. The number of rotatable bonds is 8. The molecule has 3 unspecified atom stereocenters. The molecule has 4 rings (SSSR count). The third kappa shape index (κ3) is 4.43. The van der Waals surface area contributed by atoms with Crippen LogP contribution in [-0.4, -0.2) is 81.2 Å². The summed E-state index contributed by atoms with van der Waals surface area (Å²) in [5.74, 6) is -1.76. The Morgan fingerprint density at radius 2 is 1.80 bits per heavy atom. The lowest BCUT2D eigenvalue weighted by Gasteiger charge is -2.37. The number of ether oxygens (including phenoxy) is 4. The molecule has 0 aliphatic carbocycles. The van der Waals surface area contributed by atoms with E-state index in [1.54, 1.807) is 38.3 Å². The van der Waals surface area contributed by atoms with E-state index in [2.05, 4.69) is 15.0 Å². The van der Waals surface area contributed by atoms with E-state index in [1.807, 2.05) is 0 Å². The molecular weight excluding hydrogens is 480 g/mol. The van der Waals surface area contributed by atoms with Crippen LogP contribution in [0.2, 0.25) is 0 Å². The van der Waals surface area contributed by atoms with Crippen LogP contribution < -0.4 is 4.74 Å². The Morgan fingerprint density at radius 1 is 1.11 bits per heavy atom. The topological polar surface area (TPSA) is 139 Å². The van der Waals surface area contributed by atoms with Crippen LogP contribution >= 0.6 is 11.8 Å². The first-order valence-electron chi connectivity index (χ1n) is 10.6. The van der Waals surface area contributed by atoms with Crippen molar-refractivity contribution in [3.8, 4) is 5.75 Å². The van der Waals surface area contributed by atoms with Gasteiger partial charge in [0, 0.05) is 0 Å². The number of β-lactam (4-membered cyclic amide) rings is 1. The molecule has 2 fully saturated rings. The smallest absolute Gasteiger partial charge is 0.361 e. The van der Waals surface area contributed by atoms with Crippen molar-refractivity contribution >= 4 is 35.6 Å². The average Bonchev–Trinajstić information content (AvgIpc) is 3.37. The van der Waals surface area contributed by atoms with E-state index in [9.17, 15) is 19.2 Å². The molecule has 2 aromatic rings. The van der Waals surface area contributed by atoms with Crippen LogP contribution in [0.15, 0.2) is 24.3 Å². The Bertz CT molecular complexity index is 1170. The van der Waals surface area contributed by atoms with Crippen molar-refractivity contribution in [3.63, 3.8) is 0 Å². The van der Waals surface area contributed by atoms with Crippen molar-refractivity contribution in [1.82, 2.24) is 19.9 Å². The van der Waals surface area contributed by atoms with E-state index in [1.165, 1.54) is 21.3 Å². The van der Waals surface area contributed by atoms with Gasteiger partial charge in [0.1, 0.15) is 18.4 Å². The Hall–Kier alpha value is -3.61. The van der Waals surface area contributed by atoms with Gasteiger partial charge in [-0.15, -0.1) is 16.9 Å². The number of amides is 1. The van der Waals surface area contributed by atoms with Crippen LogP contribution in [0.1, 0.15) is 39.9 Å². The standard InChI is InChI=1S/C22H24N4O8S/c1-22(11-25-17(20(29)33-4)16(23-24-25)19(28)32-3)18(26-14(27)9-15(26)35-22)21(30)34-10-12-5-7-13(31-2)8-6-12/h5-8,15,18H,9-11H2,1-4H3. The highest BCUT2D eigenvalue weighted by Crippen LogP contribution is 2.52. The highest BCUT2D eigenvalue weighted by molar-refractivity contribution is 8.01. The van der Waals surface area contributed by atoms with Gasteiger partial charge in [-0.2, -0.15) is 0 Å². The first-order valence-corrected chi connectivity index (χ1v) is 11.5. The van der Waals surface area contributed by atoms with E-state index < -0.39 is 28.7 Å². The van der Waals surface area contributed by atoms with Gasteiger partial charge in [0.2, 0.25) is 11.6 Å². The minimum atomic E-state index is -0.937. The average molecular weight is 505 g/mol. The monoisotopic (exact) mass is 504 g/mol. The second kappa shape index (κ2) is 9.56. The molecule has 0 N–H and O–H groups in total. The van der Waals surface area contributed by atoms with Gasteiger partial charge in [0.15, 0.2) is 5.69 Å². The molecular formula is C22H24N4O8S. The number of fused-ring (bicyclic) bond motifs is 1. The minimum Gasteiger partial charge on any atom is -0.497 e. The fraction of sp³-hybridized carbons (Fsp3) is 0.455. The number of hydrogen-bond donors (Lipinski definition) is 0. The summed E-state index contributed by atoms with van der Waals surface area (Å²) in [6.07, 6.45) is 0.289. The minimum absolute atomic E-state index is 0.00992. The Morgan fingerprint density at radius 3 is 2.40 bits per heavy atom. The van der Waals surface area contributed by atoms with Crippen LogP contribution in [0.25, 0.3) is 0 Å². The molecule has 13 heteroatoms. The van der Waals surface area contributed by atoms with E-state index in [4.69, 9.17) is 14.2 Å². The predicted octanol–water partition coefficient (Wildman–Crippen LogP) is 1.04. The molecule has 2 aliphatic rings. The molecule has 3 atom stereocenters. The number of nitrogens with zero attached hydrogens (tertiary/aromatic N) is 4. The maximum Gasteiger partial charge on any atom is 0.361 e. The van der Waals surface area contributed by atoms with Crippen molar-refractivity contribution in [2.24, 2.45) is 0 Å². The Kier molecular flexibility index (Phi) is 6.70. The maximum absolute atomic E-state index is 13.3. The molecule has 35 heavy (non-hydrogen) atoms. The van der Waals surface area contributed by atoms with Gasteiger partial charge < -0.3 is 23.8 Å². The van der Waals surface area contributed by atoms with Crippen LogP contribution in [-0.2, 0) is 37.0 Å². The second-order valence-electron chi connectivity index (χ2n) is 8.18. The molecule has 186 valence electrons. The van der Waals surface area contributed by atoms with Crippen molar-refractivity contribution in [2.75, 3.05) is 21.3 Å². The van der Waals surface area contributed by atoms with Gasteiger partial charge in [-0.05, 0) is 24.6 Å². The second-order valence-corrected chi connectivity index (χ2v) is 9.89. The van der Waals surface area contributed by atoms with E-state index in [-0.39, 0.29) is 42.2 Å². The molecule has 1 aromatic heterocycles. The SMILES string of the molecule is COC(=O)c1nnn(CC2(C)SC3CC(=O)N3C2C(=O)OCc2ccc(OC)cc2)c1C(=O)OC. The third-order valence-corrected chi connectivity index (χ3v) is 7.49. The van der Waals surface area contributed by atoms with Gasteiger partial charge in [-0.3, -0.25) is 4.79 Å². The molecule has 0 bridgehead atoms. The highest BCUT2D eigenvalue weighted by atomic mass is 32.2.